The number of hydrogen-bond acceptors (Lipinski definition) is 2. The Morgan fingerprint density at radius 2 is 1.88 bits per heavy atom. The number of rotatable bonds is 6. The number of nitrogens with zero attached hydrogens (tertiary/aromatic N) is 1. The summed E-state index contributed by atoms with van der Waals surface area (Å²) in [6, 6.07) is 13.2. The van der Waals surface area contributed by atoms with E-state index in [4.69, 9.17) is 11.6 Å². The highest BCUT2D eigenvalue weighted by atomic mass is 35.5. The van der Waals surface area contributed by atoms with E-state index >= 15 is 0 Å². The molecule has 0 saturated carbocycles. The smallest absolute Gasteiger partial charge is 0.226 e. The fourth-order valence-corrected chi connectivity index (χ4v) is 2.77. The van der Waals surface area contributed by atoms with Crippen molar-refractivity contribution < 1.29 is 9.59 Å². The molecule has 2 aromatic carbocycles. The fraction of sp³-hybridized carbons (Fsp3) is 0.300. The van der Waals surface area contributed by atoms with Crippen molar-refractivity contribution in [3.63, 3.8) is 0 Å². The second-order valence-corrected chi connectivity index (χ2v) is 6.32. The Kier molecular flexibility index (Phi) is 6.59. The first-order valence-electron chi connectivity index (χ1n) is 8.34. The predicted molar refractivity (Wildman–Crippen MR) is 103 cm³/mol. The van der Waals surface area contributed by atoms with E-state index in [-0.39, 0.29) is 18.2 Å². The Labute approximate surface area is 153 Å². The maximum absolute atomic E-state index is 12.3. The van der Waals surface area contributed by atoms with Crippen molar-refractivity contribution in [2.24, 2.45) is 0 Å². The lowest BCUT2D eigenvalue weighted by Crippen LogP contribution is -2.32. The first kappa shape index (κ1) is 19.0. The van der Waals surface area contributed by atoms with Crippen LogP contribution < -0.4 is 10.2 Å². The summed E-state index contributed by atoms with van der Waals surface area (Å²) in [6.45, 7) is 5.74. The largest absolute Gasteiger partial charge is 0.326 e. The molecule has 0 aromatic heterocycles. The number of amides is 2. The van der Waals surface area contributed by atoms with Crippen LogP contribution in [0.3, 0.4) is 0 Å². The molecule has 0 atom stereocenters. The first-order chi connectivity index (χ1) is 11.9. The summed E-state index contributed by atoms with van der Waals surface area (Å²) in [5, 5.41) is 3.53. The van der Waals surface area contributed by atoms with E-state index < -0.39 is 0 Å². The standard InChI is InChI=1S/C20H23ClN2O2/c1-4-16-7-5-6-8-19(16)22-20(25)11-12-23(15(3)24)17-10-9-14(2)18(21)13-17/h5-10,13H,4,11-12H2,1-3H3,(H,22,25). The Morgan fingerprint density at radius 1 is 1.16 bits per heavy atom. The SMILES string of the molecule is CCc1ccccc1NC(=O)CCN(C(C)=O)c1ccc(C)c(Cl)c1. The second-order valence-electron chi connectivity index (χ2n) is 5.91. The quantitative estimate of drug-likeness (QED) is 0.820. The highest BCUT2D eigenvalue weighted by Gasteiger charge is 2.15. The van der Waals surface area contributed by atoms with Crippen LogP contribution in [0, 0.1) is 6.92 Å². The molecule has 0 aliphatic heterocycles. The van der Waals surface area contributed by atoms with Gasteiger partial charge in [-0.1, -0.05) is 42.8 Å². The van der Waals surface area contributed by atoms with Crippen LogP contribution in [0.4, 0.5) is 11.4 Å². The van der Waals surface area contributed by atoms with Gasteiger partial charge in [-0.2, -0.15) is 0 Å². The molecule has 0 aliphatic rings. The maximum atomic E-state index is 12.3. The van der Waals surface area contributed by atoms with Gasteiger partial charge in [0.15, 0.2) is 0 Å². The van der Waals surface area contributed by atoms with Gasteiger partial charge in [0, 0.05) is 36.3 Å². The molecule has 0 fully saturated rings. The molecule has 0 bridgehead atoms. The van der Waals surface area contributed by atoms with Crippen LogP contribution in [-0.2, 0) is 16.0 Å². The van der Waals surface area contributed by atoms with Gasteiger partial charge >= 0.3 is 0 Å². The summed E-state index contributed by atoms with van der Waals surface area (Å²) < 4.78 is 0. The third-order valence-electron chi connectivity index (χ3n) is 4.08. The Balaban J connectivity index is 2.04. The predicted octanol–water partition coefficient (Wildman–Crippen LogP) is 4.59. The zero-order valence-electron chi connectivity index (χ0n) is 14.8. The number of hydrogen-bond donors (Lipinski definition) is 1. The van der Waals surface area contributed by atoms with Gasteiger partial charge in [0.2, 0.25) is 11.8 Å². The molecule has 2 amide bonds. The summed E-state index contributed by atoms with van der Waals surface area (Å²) in [5.41, 5.74) is 3.56. The van der Waals surface area contributed by atoms with Gasteiger partial charge in [0.05, 0.1) is 0 Å². The third kappa shape index (κ3) is 5.07. The van der Waals surface area contributed by atoms with Crippen LogP contribution in [-0.4, -0.2) is 18.4 Å². The van der Waals surface area contributed by atoms with E-state index in [9.17, 15) is 9.59 Å². The van der Waals surface area contributed by atoms with Crippen molar-refractivity contribution in [2.45, 2.75) is 33.6 Å². The zero-order valence-corrected chi connectivity index (χ0v) is 15.6. The van der Waals surface area contributed by atoms with Crippen LogP contribution in [0.2, 0.25) is 5.02 Å². The number of nitrogens with one attached hydrogen (secondary N) is 1. The van der Waals surface area contributed by atoms with Crippen LogP contribution in [0.15, 0.2) is 42.5 Å². The van der Waals surface area contributed by atoms with Crippen LogP contribution in [0.25, 0.3) is 0 Å². The van der Waals surface area contributed by atoms with Gasteiger partial charge in [-0.15, -0.1) is 0 Å². The molecule has 0 spiro atoms. The third-order valence-corrected chi connectivity index (χ3v) is 4.49. The van der Waals surface area contributed by atoms with Crippen molar-refractivity contribution in [3.05, 3.63) is 58.6 Å². The fourth-order valence-electron chi connectivity index (χ4n) is 2.59. The van der Waals surface area contributed by atoms with Crippen molar-refractivity contribution in [3.8, 4) is 0 Å². The highest BCUT2D eigenvalue weighted by molar-refractivity contribution is 6.31. The van der Waals surface area contributed by atoms with Gasteiger partial charge in [-0.25, -0.2) is 0 Å². The van der Waals surface area contributed by atoms with E-state index in [1.807, 2.05) is 50.2 Å². The van der Waals surface area contributed by atoms with E-state index in [1.165, 1.54) is 6.92 Å². The molecular formula is C20H23ClN2O2. The lowest BCUT2D eigenvalue weighted by molar-refractivity contribution is -0.117. The lowest BCUT2D eigenvalue weighted by Gasteiger charge is -2.21. The Morgan fingerprint density at radius 3 is 2.52 bits per heavy atom. The first-order valence-corrected chi connectivity index (χ1v) is 8.72. The summed E-state index contributed by atoms with van der Waals surface area (Å²) in [7, 11) is 0. The maximum Gasteiger partial charge on any atom is 0.226 e. The average molecular weight is 359 g/mol. The summed E-state index contributed by atoms with van der Waals surface area (Å²) in [4.78, 5) is 25.8. The molecular weight excluding hydrogens is 336 g/mol. The number of benzene rings is 2. The summed E-state index contributed by atoms with van der Waals surface area (Å²) in [6.07, 6.45) is 1.06. The molecule has 0 heterocycles. The van der Waals surface area contributed by atoms with Crippen LogP contribution in [0.5, 0.6) is 0 Å². The lowest BCUT2D eigenvalue weighted by atomic mass is 10.1. The zero-order chi connectivity index (χ0) is 18.4. The van der Waals surface area contributed by atoms with E-state index in [0.29, 0.717) is 17.3 Å². The molecule has 0 unspecified atom stereocenters. The topological polar surface area (TPSA) is 49.4 Å². The average Bonchev–Trinajstić information content (AvgIpc) is 2.58. The number of carbonyl (C=O) groups excluding carboxylic acids is 2. The number of para-hydroxylation sites is 1. The Hall–Kier alpha value is -2.33. The molecule has 4 nitrogen and oxygen atoms in total. The molecule has 0 aliphatic carbocycles. The monoisotopic (exact) mass is 358 g/mol. The van der Waals surface area contributed by atoms with Crippen molar-refractivity contribution in [1.29, 1.82) is 0 Å². The number of aryl methyl sites for hydroxylation is 2. The van der Waals surface area contributed by atoms with Gasteiger partial charge in [-0.05, 0) is 42.7 Å². The number of halogens is 1. The molecule has 25 heavy (non-hydrogen) atoms. The van der Waals surface area contributed by atoms with Crippen molar-refractivity contribution in [1.82, 2.24) is 0 Å². The molecule has 2 rings (SSSR count). The molecule has 132 valence electrons. The molecule has 2 aromatic rings. The van der Waals surface area contributed by atoms with E-state index in [0.717, 1.165) is 23.2 Å². The minimum Gasteiger partial charge on any atom is -0.326 e. The van der Waals surface area contributed by atoms with E-state index in [2.05, 4.69) is 5.32 Å². The van der Waals surface area contributed by atoms with Gasteiger partial charge in [0.25, 0.3) is 0 Å². The molecule has 0 radical (unpaired) electrons. The molecule has 0 saturated heterocycles. The minimum absolute atomic E-state index is 0.120. The molecule has 5 heteroatoms. The molecule has 1 N–H and O–H groups in total. The van der Waals surface area contributed by atoms with Crippen LogP contribution >= 0.6 is 11.6 Å². The normalized spacial score (nSPS) is 10.4. The van der Waals surface area contributed by atoms with Crippen LogP contribution in [0.1, 0.15) is 31.4 Å². The summed E-state index contributed by atoms with van der Waals surface area (Å²) >= 11 is 6.15. The van der Waals surface area contributed by atoms with E-state index in [1.54, 1.807) is 11.0 Å². The summed E-state index contributed by atoms with van der Waals surface area (Å²) in [5.74, 6) is -0.243. The number of anilines is 2. The minimum atomic E-state index is -0.123. The number of carbonyl (C=O) groups is 2. The highest BCUT2D eigenvalue weighted by Crippen LogP contribution is 2.23. The van der Waals surface area contributed by atoms with Gasteiger partial charge < -0.3 is 10.2 Å². The Bertz CT molecular complexity index is 774. The van der Waals surface area contributed by atoms with Gasteiger partial charge in [0.1, 0.15) is 0 Å². The second kappa shape index (κ2) is 8.67. The van der Waals surface area contributed by atoms with Crippen molar-refractivity contribution >= 4 is 34.8 Å². The van der Waals surface area contributed by atoms with Gasteiger partial charge in [-0.3, -0.25) is 9.59 Å². The van der Waals surface area contributed by atoms with Crippen molar-refractivity contribution in [2.75, 3.05) is 16.8 Å².